The van der Waals surface area contributed by atoms with Crippen molar-refractivity contribution in [2.24, 2.45) is 11.1 Å². The topological polar surface area (TPSA) is 72.9 Å². The second-order valence-electron chi connectivity index (χ2n) is 5.83. The van der Waals surface area contributed by atoms with E-state index in [2.05, 4.69) is 10.4 Å². The molecule has 1 heterocycles. The predicted molar refractivity (Wildman–Crippen MR) is 79.6 cm³/mol. The Morgan fingerprint density at radius 1 is 1.35 bits per heavy atom. The fourth-order valence-corrected chi connectivity index (χ4v) is 1.76. The highest BCUT2D eigenvalue weighted by Gasteiger charge is 2.27. The molecule has 0 spiro atoms. The lowest BCUT2D eigenvalue weighted by Crippen LogP contribution is -2.45. The summed E-state index contributed by atoms with van der Waals surface area (Å²) in [5, 5.41) is 7.01. The molecule has 0 unspecified atom stereocenters. The van der Waals surface area contributed by atoms with Crippen LogP contribution < -0.4 is 11.1 Å². The number of benzene rings is 1. The summed E-state index contributed by atoms with van der Waals surface area (Å²) in [6.45, 7) is 5.83. The van der Waals surface area contributed by atoms with Gasteiger partial charge in [0.05, 0.1) is 11.7 Å². The van der Waals surface area contributed by atoms with E-state index in [1.165, 1.54) is 0 Å². The summed E-state index contributed by atoms with van der Waals surface area (Å²) >= 11 is 0. The number of aromatic nitrogens is 2. The van der Waals surface area contributed by atoms with Gasteiger partial charge in [0, 0.05) is 18.1 Å². The fourth-order valence-electron chi connectivity index (χ4n) is 1.76. The number of hydrogen-bond donors (Lipinski definition) is 2. The predicted octanol–water partition coefficient (Wildman–Crippen LogP) is 2.18. The first-order chi connectivity index (χ1) is 9.38. The quantitative estimate of drug-likeness (QED) is 0.899. The van der Waals surface area contributed by atoms with Crippen molar-refractivity contribution in [2.45, 2.75) is 26.8 Å². The molecular weight excluding hydrogens is 252 g/mol. The molecule has 0 saturated heterocycles. The number of nitrogens with one attached hydrogen (secondary N) is 1. The van der Waals surface area contributed by atoms with E-state index < -0.39 is 6.04 Å². The number of carbonyl (C=O) groups is 1. The summed E-state index contributed by atoms with van der Waals surface area (Å²) in [6, 6.07) is 8.78. The Kier molecular flexibility index (Phi) is 3.90. The van der Waals surface area contributed by atoms with Crippen LogP contribution in [-0.4, -0.2) is 21.7 Å². The standard InChI is InChI=1S/C15H20N4O/c1-15(2,3)13(16)14(20)18-11-6-4-7-12(10-11)19-9-5-8-17-19/h4-10,13H,16H2,1-3H3,(H,18,20)/t13-/m1/s1. The summed E-state index contributed by atoms with van der Waals surface area (Å²) in [7, 11) is 0. The Morgan fingerprint density at radius 2 is 2.10 bits per heavy atom. The van der Waals surface area contributed by atoms with Crippen molar-refractivity contribution >= 4 is 11.6 Å². The first-order valence-corrected chi connectivity index (χ1v) is 6.54. The van der Waals surface area contributed by atoms with Crippen LogP contribution in [0.5, 0.6) is 0 Å². The van der Waals surface area contributed by atoms with Gasteiger partial charge in [0.15, 0.2) is 0 Å². The van der Waals surface area contributed by atoms with E-state index in [1.54, 1.807) is 10.9 Å². The van der Waals surface area contributed by atoms with Crippen LogP contribution in [-0.2, 0) is 4.79 Å². The van der Waals surface area contributed by atoms with Gasteiger partial charge in [-0.3, -0.25) is 4.79 Å². The van der Waals surface area contributed by atoms with Crippen molar-refractivity contribution in [3.8, 4) is 5.69 Å². The molecule has 0 aliphatic carbocycles. The van der Waals surface area contributed by atoms with E-state index in [4.69, 9.17) is 5.73 Å². The van der Waals surface area contributed by atoms with Crippen LogP contribution in [0.4, 0.5) is 5.69 Å². The number of rotatable bonds is 3. The van der Waals surface area contributed by atoms with Gasteiger partial charge in [0.2, 0.25) is 5.91 Å². The number of amides is 1. The lowest BCUT2D eigenvalue weighted by molar-refractivity contribution is -0.119. The minimum Gasteiger partial charge on any atom is -0.325 e. The molecule has 1 aromatic carbocycles. The Bertz CT molecular complexity index is 584. The maximum absolute atomic E-state index is 12.1. The summed E-state index contributed by atoms with van der Waals surface area (Å²) in [5.41, 5.74) is 7.27. The van der Waals surface area contributed by atoms with Crippen LogP contribution in [0, 0.1) is 5.41 Å². The van der Waals surface area contributed by atoms with E-state index in [0.29, 0.717) is 5.69 Å². The molecule has 1 amide bonds. The van der Waals surface area contributed by atoms with Gasteiger partial charge in [-0.05, 0) is 29.7 Å². The molecule has 0 radical (unpaired) electrons. The Hall–Kier alpha value is -2.14. The zero-order valence-electron chi connectivity index (χ0n) is 12.0. The van der Waals surface area contributed by atoms with Gasteiger partial charge in [-0.25, -0.2) is 4.68 Å². The van der Waals surface area contributed by atoms with Crippen molar-refractivity contribution in [2.75, 3.05) is 5.32 Å². The highest BCUT2D eigenvalue weighted by atomic mass is 16.2. The number of nitrogens with two attached hydrogens (primary N) is 1. The van der Waals surface area contributed by atoms with Crippen LogP contribution in [0.3, 0.4) is 0 Å². The molecule has 106 valence electrons. The molecule has 1 aromatic heterocycles. The van der Waals surface area contributed by atoms with Crippen molar-refractivity contribution in [1.82, 2.24) is 9.78 Å². The maximum atomic E-state index is 12.1. The largest absolute Gasteiger partial charge is 0.325 e. The molecular formula is C15H20N4O. The van der Waals surface area contributed by atoms with E-state index in [0.717, 1.165) is 5.69 Å². The Balaban J connectivity index is 2.15. The normalized spacial score (nSPS) is 13.0. The van der Waals surface area contributed by atoms with Crippen molar-refractivity contribution in [3.63, 3.8) is 0 Å². The minimum absolute atomic E-state index is 0.185. The Labute approximate surface area is 118 Å². The average molecular weight is 272 g/mol. The molecule has 2 rings (SSSR count). The first-order valence-electron chi connectivity index (χ1n) is 6.54. The Morgan fingerprint density at radius 3 is 2.70 bits per heavy atom. The van der Waals surface area contributed by atoms with Crippen LogP contribution in [0.1, 0.15) is 20.8 Å². The van der Waals surface area contributed by atoms with E-state index in [9.17, 15) is 4.79 Å². The zero-order chi connectivity index (χ0) is 14.8. The summed E-state index contributed by atoms with van der Waals surface area (Å²) < 4.78 is 1.74. The van der Waals surface area contributed by atoms with Gasteiger partial charge in [0.1, 0.15) is 0 Å². The van der Waals surface area contributed by atoms with Gasteiger partial charge in [-0.1, -0.05) is 26.8 Å². The molecule has 3 N–H and O–H groups in total. The highest BCUT2D eigenvalue weighted by Crippen LogP contribution is 2.20. The van der Waals surface area contributed by atoms with Crippen molar-refractivity contribution in [3.05, 3.63) is 42.7 Å². The summed E-state index contributed by atoms with van der Waals surface area (Å²) in [5.74, 6) is -0.185. The van der Waals surface area contributed by atoms with Crippen LogP contribution in [0.15, 0.2) is 42.7 Å². The van der Waals surface area contributed by atoms with Gasteiger partial charge >= 0.3 is 0 Å². The number of hydrogen-bond acceptors (Lipinski definition) is 3. The van der Waals surface area contributed by atoms with Crippen LogP contribution in [0.25, 0.3) is 5.69 Å². The monoisotopic (exact) mass is 272 g/mol. The van der Waals surface area contributed by atoms with E-state index >= 15 is 0 Å². The van der Waals surface area contributed by atoms with Gasteiger partial charge < -0.3 is 11.1 Å². The molecule has 20 heavy (non-hydrogen) atoms. The van der Waals surface area contributed by atoms with Gasteiger partial charge in [0.25, 0.3) is 0 Å². The molecule has 1 atom stereocenters. The molecule has 0 aliphatic heterocycles. The SMILES string of the molecule is CC(C)(C)[C@H](N)C(=O)Nc1cccc(-n2cccn2)c1. The summed E-state index contributed by atoms with van der Waals surface area (Å²) in [4.78, 5) is 12.1. The van der Waals surface area contributed by atoms with Crippen molar-refractivity contribution < 1.29 is 4.79 Å². The highest BCUT2D eigenvalue weighted by molar-refractivity contribution is 5.95. The lowest BCUT2D eigenvalue weighted by atomic mass is 9.87. The molecule has 0 saturated carbocycles. The average Bonchev–Trinajstić information content (AvgIpc) is 2.91. The second kappa shape index (κ2) is 5.46. The zero-order valence-corrected chi connectivity index (χ0v) is 12.0. The molecule has 0 aliphatic rings. The maximum Gasteiger partial charge on any atom is 0.241 e. The molecule has 0 bridgehead atoms. The third-order valence-electron chi connectivity index (χ3n) is 3.10. The molecule has 5 heteroatoms. The molecule has 5 nitrogen and oxygen atoms in total. The third-order valence-corrected chi connectivity index (χ3v) is 3.10. The minimum atomic E-state index is -0.559. The number of nitrogens with zero attached hydrogens (tertiary/aromatic N) is 2. The van der Waals surface area contributed by atoms with E-state index in [-0.39, 0.29) is 11.3 Å². The van der Waals surface area contributed by atoms with Gasteiger partial charge in [-0.2, -0.15) is 5.10 Å². The van der Waals surface area contributed by atoms with Gasteiger partial charge in [-0.15, -0.1) is 0 Å². The third kappa shape index (κ3) is 3.24. The smallest absolute Gasteiger partial charge is 0.241 e. The van der Waals surface area contributed by atoms with Crippen molar-refractivity contribution in [1.29, 1.82) is 0 Å². The molecule has 2 aromatic rings. The van der Waals surface area contributed by atoms with E-state index in [1.807, 2.05) is 57.3 Å². The number of carbonyl (C=O) groups excluding carboxylic acids is 1. The van der Waals surface area contributed by atoms with Crippen LogP contribution >= 0.6 is 0 Å². The lowest BCUT2D eigenvalue weighted by Gasteiger charge is -2.25. The number of anilines is 1. The van der Waals surface area contributed by atoms with Crippen LogP contribution in [0.2, 0.25) is 0 Å². The second-order valence-corrected chi connectivity index (χ2v) is 5.83. The fraction of sp³-hybridized carbons (Fsp3) is 0.333. The first kappa shape index (κ1) is 14.3. The molecule has 0 fully saturated rings. The summed E-state index contributed by atoms with van der Waals surface area (Å²) in [6.07, 6.45) is 3.56.